The molecule has 0 saturated carbocycles. The van der Waals surface area contributed by atoms with Gasteiger partial charge in [-0.15, -0.1) is 6.58 Å². The van der Waals surface area contributed by atoms with Gasteiger partial charge in [-0.05, 0) is 25.7 Å². The van der Waals surface area contributed by atoms with Crippen molar-refractivity contribution < 1.29 is 13.0 Å². The lowest BCUT2D eigenvalue weighted by molar-refractivity contribution is 0.443. The predicted molar refractivity (Wildman–Crippen MR) is 91.2 cm³/mol. The van der Waals surface area contributed by atoms with Crippen molar-refractivity contribution in [2.75, 3.05) is 0 Å². The maximum absolute atomic E-state index is 11.4. The van der Waals surface area contributed by atoms with Crippen LogP contribution in [0.1, 0.15) is 90.4 Å². The van der Waals surface area contributed by atoms with E-state index in [-0.39, 0.29) is 0 Å². The molecular weight excluding hydrogens is 284 g/mol. The molecule has 21 heavy (non-hydrogen) atoms. The molecule has 0 spiro atoms. The summed E-state index contributed by atoms with van der Waals surface area (Å²) in [4.78, 5) is 0. The van der Waals surface area contributed by atoms with Crippen LogP contribution in [0.2, 0.25) is 0 Å². The Kier molecular flexibility index (Phi) is 13.1. The molecule has 0 bridgehead atoms. The van der Waals surface area contributed by atoms with Gasteiger partial charge in [-0.1, -0.05) is 70.8 Å². The van der Waals surface area contributed by atoms with Crippen LogP contribution >= 0.6 is 0 Å². The van der Waals surface area contributed by atoms with Crippen molar-refractivity contribution >= 4 is 10.1 Å². The van der Waals surface area contributed by atoms with Crippen molar-refractivity contribution in [3.05, 3.63) is 12.7 Å². The summed E-state index contributed by atoms with van der Waals surface area (Å²) in [5.74, 6) is 0. The van der Waals surface area contributed by atoms with E-state index in [1.54, 1.807) is 0 Å². The Balaban J connectivity index is 3.79. The molecule has 126 valence electrons. The summed E-state index contributed by atoms with van der Waals surface area (Å²) in [5.41, 5.74) is 0. The van der Waals surface area contributed by atoms with Crippen molar-refractivity contribution in [1.29, 1.82) is 0 Å². The van der Waals surface area contributed by atoms with Gasteiger partial charge < -0.3 is 0 Å². The Morgan fingerprint density at radius 1 is 0.905 bits per heavy atom. The van der Waals surface area contributed by atoms with Gasteiger partial charge in [-0.25, -0.2) is 0 Å². The standard InChI is InChI=1S/C17H34O3S/c1-3-5-7-9-10-12-14-16-17(21(18,19)20)15-13-11-8-6-4-2/h3,17H,1,4-16H2,2H3,(H,18,19,20). The van der Waals surface area contributed by atoms with Gasteiger partial charge in [0.2, 0.25) is 0 Å². The van der Waals surface area contributed by atoms with E-state index in [2.05, 4.69) is 13.5 Å². The molecule has 0 aromatic heterocycles. The first-order valence-corrected chi connectivity index (χ1v) is 10.1. The molecular formula is C17H34O3S. The molecule has 0 amide bonds. The fraction of sp³-hybridized carbons (Fsp3) is 0.882. The fourth-order valence-corrected chi connectivity index (χ4v) is 3.54. The van der Waals surface area contributed by atoms with E-state index in [9.17, 15) is 13.0 Å². The number of hydrogen-bond acceptors (Lipinski definition) is 2. The Morgan fingerprint density at radius 2 is 1.38 bits per heavy atom. The molecule has 0 aromatic carbocycles. The molecule has 4 heteroatoms. The van der Waals surface area contributed by atoms with Gasteiger partial charge in [0, 0.05) is 0 Å². The summed E-state index contributed by atoms with van der Waals surface area (Å²) < 4.78 is 32.1. The van der Waals surface area contributed by atoms with E-state index in [1.807, 2.05) is 6.08 Å². The van der Waals surface area contributed by atoms with Crippen LogP contribution in [0.4, 0.5) is 0 Å². The Labute approximate surface area is 132 Å². The summed E-state index contributed by atoms with van der Waals surface area (Å²) in [6.07, 6.45) is 15.2. The molecule has 0 radical (unpaired) electrons. The third-order valence-corrected chi connectivity index (χ3v) is 5.30. The van der Waals surface area contributed by atoms with Crippen LogP contribution in [0.15, 0.2) is 12.7 Å². The Hall–Kier alpha value is -0.350. The monoisotopic (exact) mass is 318 g/mol. The molecule has 0 aliphatic rings. The van der Waals surface area contributed by atoms with Crippen molar-refractivity contribution in [2.45, 2.75) is 95.6 Å². The van der Waals surface area contributed by atoms with Gasteiger partial charge in [-0.2, -0.15) is 8.42 Å². The fourth-order valence-electron chi connectivity index (χ4n) is 2.61. The first kappa shape index (κ1) is 20.6. The highest BCUT2D eigenvalue weighted by Gasteiger charge is 2.21. The zero-order valence-corrected chi connectivity index (χ0v) is 14.5. The molecule has 0 fully saturated rings. The van der Waals surface area contributed by atoms with Gasteiger partial charge in [0.25, 0.3) is 10.1 Å². The van der Waals surface area contributed by atoms with Crippen LogP contribution in [0.5, 0.6) is 0 Å². The van der Waals surface area contributed by atoms with Crippen LogP contribution in [0.3, 0.4) is 0 Å². The van der Waals surface area contributed by atoms with E-state index in [0.29, 0.717) is 12.8 Å². The van der Waals surface area contributed by atoms with E-state index < -0.39 is 15.4 Å². The lowest BCUT2D eigenvalue weighted by Gasteiger charge is -2.13. The van der Waals surface area contributed by atoms with Gasteiger partial charge in [0.15, 0.2) is 0 Å². The molecule has 3 nitrogen and oxygen atoms in total. The van der Waals surface area contributed by atoms with Crippen molar-refractivity contribution in [3.63, 3.8) is 0 Å². The highest BCUT2D eigenvalue weighted by Crippen LogP contribution is 2.18. The zero-order chi connectivity index (χ0) is 16.0. The first-order valence-electron chi connectivity index (χ1n) is 8.59. The second-order valence-corrected chi connectivity index (χ2v) is 7.67. The van der Waals surface area contributed by atoms with Gasteiger partial charge >= 0.3 is 0 Å². The molecule has 0 aromatic rings. The van der Waals surface area contributed by atoms with Crippen molar-refractivity contribution in [1.82, 2.24) is 0 Å². The average molecular weight is 319 g/mol. The molecule has 0 heterocycles. The molecule has 1 atom stereocenters. The maximum atomic E-state index is 11.4. The normalized spacial score (nSPS) is 13.2. The quantitative estimate of drug-likeness (QED) is 0.246. The number of unbranched alkanes of at least 4 members (excludes halogenated alkanes) is 9. The van der Waals surface area contributed by atoms with Gasteiger partial charge in [0.1, 0.15) is 0 Å². The van der Waals surface area contributed by atoms with Crippen LogP contribution in [-0.2, 0) is 10.1 Å². The number of hydrogen-bond donors (Lipinski definition) is 1. The zero-order valence-electron chi connectivity index (χ0n) is 13.7. The van der Waals surface area contributed by atoms with E-state index in [0.717, 1.165) is 44.9 Å². The second kappa shape index (κ2) is 13.3. The molecule has 1 unspecified atom stereocenters. The van der Waals surface area contributed by atoms with Crippen molar-refractivity contribution in [3.8, 4) is 0 Å². The minimum absolute atomic E-state index is 0.549. The molecule has 0 aliphatic carbocycles. The van der Waals surface area contributed by atoms with Crippen LogP contribution in [0, 0.1) is 0 Å². The highest BCUT2D eigenvalue weighted by molar-refractivity contribution is 7.86. The average Bonchev–Trinajstić information content (AvgIpc) is 2.42. The second-order valence-electron chi connectivity index (χ2n) is 5.97. The predicted octanol–water partition coefficient (Wildman–Crippen LogP) is 5.52. The van der Waals surface area contributed by atoms with Crippen LogP contribution in [0.25, 0.3) is 0 Å². The molecule has 0 saturated heterocycles. The van der Waals surface area contributed by atoms with E-state index in [4.69, 9.17) is 0 Å². The smallest absolute Gasteiger partial charge is 0.267 e. The van der Waals surface area contributed by atoms with E-state index in [1.165, 1.54) is 25.7 Å². The van der Waals surface area contributed by atoms with Crippen molar-refractivity contribution in [2.24, 2.45) is 0 Å². The van der Waals surface area contributed by atoms with Gasteiger partial charge in [0.05, 0.1) is 5.25 Å². The van der Waals surface area contributed by atoms with E-state index >= 15 is 0 Å². The van der Waals surface area contributed by atoms with Crippen LogP contribution in [-0.4, -0.2) is 18.2 Å². The third kappa shape index (κ3) is 13.1. The topological polar surface area (TPSA) is 54.4 Å². The molecule has 0 rings (SSSR count). The minimum atomic E-state index is -3.87. The maximum Gasteiger partial charge on any atom is 0.267 e. The van der Waals surface area contributed by atoms with Crippen LogP contribution < -0.4 is 0 Å². The minimum Gasteiger partial charge on any atom is -0.285 e. The lowest BCUT2D eigenvalue weighted by Crippen LogP contribution is -2.20. The molecule has 0 aliphatic heterocycles. The molecule has 1 N–H and O–H groups in total. The summed E-state index contributed by atoms with van der Waals surface area (Å²) in [5, 5.41) is -0.549. The summed E-state index contributed by atoms with van der Waals surface area (Å²) in [6.45, 7) is 5.86. The highest BCUT2D eigenvalue weighted by atomic mass is 32.2. The summed E-state index contributed by atoms with van der Waals surface area (Å²) in [7, 11) is -3.87. The number of rotatable bonds is 15. The largest absolute Gasteiger partial charge is 0.285 e. The Morgan fingerprint density at radius 3 is 1.86 bits per heavy atom. The van der Waals surface area contributed by atoms with Gasteiger partial charge in [-0.3, -0.25) is 4.55 Å². The number of allylic oxidation sites excluding steroid dienone is 1. The SMILES string of the molecule is C=CCCCCCCCC(CCCCCCC)S(=O)(=O)O. The summed E-state index contributed by atoms with van der Waals surface area (Å²) >= 11 is 0. The third-order valence-electron chi connectivity index (χ3n) is 3.99. The summed E-state index contributed by atoms with van der Waals surface area (Å²) in [6, 6.07) is 0. The Bertz CT molecular complexity index is 336. The first-order chi connectivity index (χ1) is 10.0. The lowest BCUT2D eigenvalue weighted by atomic mass is 10.0.